The molecule has 0 bridgehead atoms. The number of ether oxygens (including phenoxy) is 2. The van der Waals surface area contributed by atoms with Crippen LogP contribution in [0.25, 0.3) is 10.9 Å². The zero-order valence-electron chi connectivity index (χ0n) is 18.2. The lowest BCUT2D eigenvalue weighted by atomic mass is 10.2. The van der Waals surface area contributed by atoms with E-state index in [2.05, 4.69) is 6.58 Å². The van der Waals surface area contributed by atoms with Crippen molar-refractivity contribution in [1.82, 2.24) is 9.47 Å². The first kappa shape index (κ1) is 22.0. The number of nitrogens with zero attached hydrogens (tertiary/aromatic N) is 2. The third kappa shape index (κ3) is 4.25. The maximum Gasteiger partial charge on any atom is 0.270 e. The first-order valence-electron chi connectivity index (χ1n) is 10.6. The fourth-order valence-electron chi connectivity index (χ4n) is 4.23. The van der Waals surface area contributed by atoms with Gasteiger partial charge in [0.2, 0.25) is 0 Å². The molecule has 168 valence electrons. The Labute approximate surface area is 185 Å². The summed E-state index contributed by atoms with van der Waals surface area (Å²) in [6, 6.07) is 10.9. The molecule has 1 amide bonds. The van der Waals surface area contributed by atoms with Crippen molar-refractivity contribution in [3.63, 3.8) is 0 Å². The number of rotatable bonds is 6. The molecule has 32 heavy (non-hydrogen) atoms. The zero-order valence-corrected chi connectivity index (χ0v) is 18.2. The van der Waals surface area contributed by atoms with Crippen molar-refractivity contribution < 1.29 is 23.0 Å². The third-order valence-corrected chi connectivity index (χ3v) is 5.57. The van der Waals surface area contributed by atoms with Crippen LogP contribution in [-0.2, 0) is 11.3 Å². The van der Waals surface area contributed by atoms with Crippen LogP contribution in [0.1, 0.15) is 29.9 Å². The summed E-state index contributed by atoms with van der Waals surface area (Å²) in [7, 11) is 0. The number of hydrogen-bond acceptors (Lipinski definition) is 3. The van der Waals surface area contributed by atoms with Crippen molar-refractivity contribution in [3.8, 4) is 5.75 Å². The van der Waals surface area contributed by atoms with Gasteiger partial charge in [0, 0.05) is 24.0 Å². The fraction of sp³-hybridized carbons (Fsp3) is 0.320. The number of amides is 1. The number of carbonyl (C=O) groups excluding carboxylic acids is 1. The Morgan fingerprint density at radius 3 is 2.47 bits per heavy atom. The van der Waals surface area contributed by atoms with Crippen LogP contribution in [-0.4, -0.2) is 47.3 Å². The van der Waals surface area contributed by atoms with Gasteiger partial charge in [0.1, 0.15) is 29.7 Å². The standard InChI is InChI=1S/C25H26F2N2O3/c1-4-11-31-24-10-6-9-22-18(24)12-23(25(30)28-13-16(2)32-17(3)14-28)29(22)15-19-20(26)7-5-8-21(19)27/h4-10,12,16-17H,1,11,13-15H2,2-3H3/t16-,17-/m1/s1. The third-order valence-electron chi connectivity index (χ3n) is 5.57. The van der Waals surface area contributed by atoms with E-state index in [1.54, 1.807) is 33.7 Å². The summed E-state index contributed by atoms with van der Waals surface area (Å²) in [4.78, 5) is 15.3. The lowest BCUT2D eigenvalue weighted by Crippen LogP contribution is -2.48. The van der Waals surface area contributed by atoms with E-state index in [-0.39, 0.29) is 30.2 Å². The summed E-state index contributed by atoms with van der Waals surface area (Å²) >= 11 is 0. The van der Waals surface area contributed by atoms with E-state index in [4.69, 9.17) is 9.47 Å². The van der Waals surface area contributed by atoms with Gasteiger partial charge < -0.3 is 18.9 Å². The van der Waals surface area contributed by atoms with Crippen molar-refractivity contribution in [2.75, 3.05) is 19.7 Å². The minimum absolute atomic E-state index is 0.0971. The quantitative estimate of drug-likeness (QED) is 0.518. The van der Waals surface area contributed by atoms with E-state index in [0.29, 0.717) is 42.0 Å². The molecule has 1 saturated heterocycles. The first-order valence-corrected chi connectivity index (χ1v) is 10.6. The van der Waals surface area contributed by atoms with Gasteiger partial charge in [-0.2, -0.15) is 0 Å². The van der Waals surface area contributed by atoms with Crippen LogP contribution in [0.2, 0.25) is 0 Å². The lowest BCUT2D eigenvalue weighted by molar-refractivity contribution is -0.0588. The normalized spacial score (nSPS) is 18.7. The minimum Gasteiger partial charge on any atom is -0.489 e. The molecule has 2 heterocycles. The second-order valence-electron chi connectivity index (χ2n) is 8.07. The SMILES string of the molecule is C=CCOc1cccc2c1cc(C(=O)N1C[C@@H](C)O[C@H](C)C1)n2Cc1c(F)cccc1F. The van der Waals surface area contributed by atoms with Crippen LogP contribution >= 0.6 is 0 Å². The predicted molar refractivity (Wildman–Crippen MR) is 119 cm³/mol. The highest BCUT2D eigenvalue weighted by atomic mass is 19.1. The highest BCUT2D eigenvalue weighted by Crippen LogP contribution is 2.31. The van der Waals surface area contributed by atoms with Crippen molar-refractivity contribution in [2.24, 2.45) is 0 Å². The molecule has 2 atom stereocenters. The first-order chi connectivity index (χ1) is 15.4. The summed E-state index contributed by atoms with van der Waals surface area (Å²) in [5.41, 5.74) is 0.908. The van der Waals surface area contributed by atoms with E-state index in [0.717, 1.165) is 0 Å². The summed E-state index contributed by atoms with van der Waals surface area (Å²) in [6.07, 6.45) is 1.43. The summed E-state index contributed by atoms with van der Waals surface area (Å²) in [5.74, 6) is -0.946. The molecule has 1 aromatic heterocycles. The Bertz CT molecular complexity index is 1130. The summed E-state index contributed by atoms with van der Waals surface area (Å²) in [5, 5.41) is 0.698. The number of carbonyl (C=O) groups is 1. The van der Waals surface area contributed by atoms with Crippen LogP contribution < -0.4 is 4.74 Å². The van der Waals surface area contributed by atoms with Gasteiger partial charge in [-0.15, -0.1) is 0 Å². The molecule has 4 rings (SSSR count). The average Bonchev–Trinajstić information content (AvgIpc) is 3.12. The second-order valence-corrected chi connectivity index (χ2v) is 8.07. The molecule has 1 fully saturated rings. The number of morpholine rings is 1. The minimum atomic E-state index is -0.655. The summed E-state index contributed by atoms with van der Waals surface area (Å²) in [6.45, 7) is 8.57. The molecular weight excluding hydrogens is 414 g/mol. The zero-order chi connectivity index (χ0) is 22.8. The van der Waals surface area contributed by atoms with Gasteiger partial charge >= 0.3 is 0 Å². The Morgan fingerprint density at radius 1 is 1.16 bits per heavy atom. The van der Waals surface area contributed by atoms with Gasteiger partial charge in [0.25, 0.3) is 5.91 Å². The van der Waals surface area contributed by atoms with Gasteiger partial charge in [-0.3, -0.25) is 4.79 Å². The Hall–Kier alpha value is -3.19. The molecule has 2 aromatic carbocycles. The van der Waals surface area contributed by atoms with Gasteiger partial charge in [0.05, 0.1) is 24.3 Å². The molecule has 0 unspecified atom stereocenters. The smallest absolute Gasteiger partial charge is 0.270 e. The molecule has 7 heteroatoms. The maximum absolute atomic E-state index is 14.5. The van der Waals surface area contributed by atoms with Crippen molar-refractivity contribution >= 4 is 16.8 Å². The Morgan fingerprint density at radius 2 is 1.81 bits per heavy atom. The van der Waals surface area contributed by atoms with E-state index >= 15 is 0 Å². The molecule has 3 aromatic rings. The van der Waals surface area contributed by atoms with E-state index in [1.807, 2.05) is 19.9 Å². The molecule has 1 aliphatic heterocycles. The van der Waals surface area contributed by atoms with Gasteiger partial charge in [-0.05, 0) is 44.2 Å². The second kappa shape index (κ2) is 9.12. The Balaban J connectivity index is 1.83. The molecule has 0 radical (unpaired) electrons. The number of aromatic nitrogens is 1. The highest BCUT2D eigenvalue weighted by molar-refractivity contribution is 6.00. The maximum atomic E-state index is 14.5. The Kier molecular flexibility index (Phi) is 6.28. The summed E-state index contributed by atoms with van der Waals surface area (Å²) < 4.78 is 42.1. The van der Waals surface area contributed by atoms with E-state index in [1.165, 1.54) is 18.2 Å². The number of hydrogen-bond donors (Lipinski definition) is 0. The molecule has 5 nitrogen and oxygen atoms in total. The molecule has 0 aliphatic carbocycles. The predicted octanol–water partition coefficient (Wildman–Crippen LogP) is 4.78. The fourth-order valence-corrected chi connectivity index (χ4v) is 4.23. The van der Waals surface area contributed by atoms with Crippen molar-refractivity contribution in [2.45, 2.75) is 32.6 Å². The lowest BCUT2D eigenvalue weighted by Gasteiger charge is -2.35. The monoisotopic (exact) mass is 440 g/mol. The molecule has 0 saturated carbocycles. The van der Waals surface area contributed by atoms with Gasteiger partial charge in [-0.1, -0.05) is 24.8 Å². The van der Waals surface area contributed by atoms with E-state index < -0.39 is 11.6 Å². The number of benzene rings is 2. The number of fused-ring (bicyclic) bond motifs is 1. The van der Waals surface area contributed by atoms with E-state index in [9.17, 15) is 13.6 Å². The molecule has 0 spiro atoms. The highest BCUT2D eigenvalue weighted by Gasteiger charge is 2.29. The van der Waals surface area contributed by atoms with Crippen molar-refractivity contribution in [3.05, 3.63) is 78.0 Å². The molecule has 1 aliphatic rings. The van der Waals surface area contributed by atoms with Gasteiger partial charge in [0.15, 0.2) is 0 Å². The van der Waals surface area contributed by atoms with Crippen molar-refractivity contribution in [1.29, 1.82) is 0 Å². The molecular formula is C25H26F2N2O3. The average molecular weight is 440 g/mol. The van der Waals surface area contributed by atoms with Crippen LogP contribution in [0, 0.1) is 11.6 Å². The van der Waals surface area contributed by atoms with Gasteiger partial charge in [-0.25, -0.2) is 8.78 Å². The van der Waals surface area contributed by atoms with Crippen LogP contribution in [0.4, 0.5) is 8.78 Å². The van der Waals surface area contributed by atoms with Crippen LogP contribution in [0.5, 0.6) is 5.75 Å². The van der Waals surface area contributed by atoms with Crippen LogP contribution in [0.3, 0.4) is 0 Å². The number of halogens is 2. The topological polar surface area (TPSA) is 43.7 Å². The van der Waals surface area contributed by atoms with Crippen LogP contribution in [0.15, 0.2) is 55.1 Å². The largest absolute Gasteiger partial charge is 0.489 e. The molecule has 0 N–H and O–H groups in total.